The highest BCUT2D eigenvalue weighted by molar-refractivity contribution is 6.04. The number of hydrogen-bond donors (Lipinski definition) is 1. The Labute approximate surface area is 241 Å². The lowest BCUT2D eigenvalue weighted by Crippen LogP contribution is -2.59. The number of ether oxygens (including phenoxy) is 2. The summed E-state index contributed by atoms with van der Waals surface area (Å²) in [4.78, 5) is 50.5. The van der Waals surface area contributed by atoms with E-state index in [-0.39, 0.29) is 30.2 Å². The Hall–Kier alpha value is -3.05. The van der Waals surface area contributed by atoms with Crippen molar-refractivity contribution in [1.29, 1.82) is 0 Å². The number of benzene rings is 1. The summed E-state index contributed by atoms with van der Waals surface area (Å²) in [5, 5.41) is 10.5. The lowest BCUT2D eigenvalue weighted by Gasteiger charge is -2.40. The first-order chi connectivity index (χ1) is 19.9. The summed E-state index contributed by atoms with van der Waals surface area (Å²) in [7, 11) is 0. The summed E-state index contributed by atoms with van der Waals surface area (Å²) in [5.41, 5.74) is -0.557. The number of aliphatic hydroxyl groups excluding tert-OH is 1. The first kappa shape index (κ1) is 28.1. The maximum absolute atomic E-state index is 14.5. The van der Waals surface area contributed by atoms with Crippen LogP contribution in [-0.4, -0.2) is 120 Å². The van der Waals surface area contributed by atoms with Crippen molar-refractivity contribution >= 4 is 23.4 Å². The van der Waals surface area contributed by atoms with Gasteiger partial charge in [0.15, 0.2) is 0 Å². The Morgan fingerprint density at radius 2 is 1.73 bits per heavy atom. The van der Waals surface area contributed by atoms with Crippen molar-refractivity contribution < 1.29 is 29.0 Å². The summed E-state index contributed by atoms with van der Waals surface area (Å²) in [6.45, 7) is 8.52. The van der Waals surface area contributed by atoms with Gasteiger partial charge >= 0.3 is 0 Å². The maximum atomic E-state index is 14.5. The predicted molar refractivity (Wildman–Crippen MR) is 152 cm³/mol. The lowest BCUT2D eigenvalue weighted by molar-refractivity contribution is -0.151. The van der Waals surface area contributed by atoms with Crippen LogP contribution in [0.2, 0.25) is 0 Å². The molecule has 5 aliphatic rings. The van der Waals surface area contributed by atoms with E-state index < -0.39 is 35.6 Å². The second kappa shape index (κ2) is 11.3. The zero-order valence-corrected chi connectivity index (χ0v) is 23.8. The largest absolute Gasteiger partial charge is 0.394 e. The number of carbonyl (C=O) groups is 3. The van der Waals surface area contributed by atoms with E-state index in [9.17, 15) is 19.5 Å². The van der Waals surface area contributed by atoms with Gasteiger partial charge in [-0.05, 0) is 18.1 Å². The molecule has 0 radical (unpaired) electrons. The normalized spacial score (nSPS) is 32.7. The highest BCUT2D eigenvalue weighted by atomic mass is 16.5. The number of para-hydroxylation sites is 1. The average Bonchev–Trinajstić information content (AvgIpc) is 3.29. The van der Waals surface area contributed by atoms with E-state index in [1.54, 1.807) is 14.7 Å². The second-order valence-corrected chi connectivity index (χ2v) is 11.9. The smallest absolute Gasteiger partial charge is 0.249 e. The van der Waals surface area contributed by atoms with Crippen LogP contribution in [0.25, 0.3) is 0 Å². The Balaban J connectivity index is 1.38. The molecule has 5 aliphatic heterocycles. The molecule has 1 unspecified atom stereocenters. The van der Waals surface area contributed by atoms with E-state index in [1.165, 1.54) is 0 Å². The van der Waals surface area contributed by atoms with Gasteiger partial charge in [0.2, 0.25) is 17.7 Å². The fourth-order valence-corrected chi connectivity index (χ4v) is 7.23. The summed E-state index contributed by atoms with van der Waals surface area (Å²) < 4.78 is 12.2. The third kappa shape index (κ3) is 4.70. The van der Waals surface area contributed by atoms with E-state index in [4.69, 9.17) is 9.47 Å². The number of carbonyl (C=O) groups excluding carboxylic acids is 3. The Bertz CT molecular complexity index is 1210. The van der Waals surface area contributed by atoms with Crippen LogP contribution in [0.15, 0.2) is 54.6 Å². The first-order valence-corrected chi connectivity index (χ1v) is 14.8. The minimum Gasteiger partial charge on any atom is -0.394 e. The van der Waals surface area contributed by atoms with Crippen molar-refractivity contribution in [2.45, 2.75) is 37.6 Å². The first-order valence-electron chi connectivity index (χ1n) is 14.8. The van der Waals surface area contributed by atoms with Gasteiger partial charge in [-0.15, -0.1) is 0 Å². The Morgan fingerprint density at radius 3 is 2.44 bits per heavy atom. The van der Waals surface area contributed by atoms with E-state index >= 15 is 0 Å². The molecule has 1 N–H and O–H groups in total. The van der Waals surface area contributed by atoms with Crippen LogP contribution in [0.1, 0.15) is 13.8 Å². The zero-order chi connectivity index (χ0) is 28.7. The van der Waals surface area contributed by atoms with Crippen LogP contribution in [0.4, 0.5) is 5.69 Å². The number of aliphatic hydroxyl groups is 1. The lowest BCUT2D eigenvalue weighted by atomic mass is 9.77. The van der Waals surface area contributed by atoms with Gasteiger partial charge in [0.1, 0.15) is 11.6 Å². The van der Waals surface area contributed by atoms with Gasteiger partial charge in [0.05, 0.1) is 43.8 Å². The predicted octanol–water partition coefficient (Wildman–Crippen LogP) is 0.918. The molecule has 0 aromatic heterocycles. The van der Waals surface area contributed by atoms with Crippen LogP contribution in [0, 0.1) is 17.8 Å². The summed E-state index contributed by atoms with van der Waals surface area (Å²) in [6.07, 6.45) is 6.92. The molecule has 6 rings (SSSR count). The monoisotopic (exact) mass is 564 g/mol. The van der Waals surface area contributed by atoms with Crippen LogP contribution >= 0.6 is 0 Å². The van der Waals surface area contributed by atoms with Crippen molar-refractivity contribution in [2.75, 3.05) is 64.0 Å². The van der Waals surface area contributed by atoms with Crippen molar-refractivity contribution in [1.82, 2.24) is 14.7 Å². The molecule has 3 saturated heterocycles. The number of amides is 3. The quantitative estimate of drug-likeness (QED) is 0.492. The number of likely N-dealkylation sites (tertiary alicyclic amines) is 1. The third-order valence-corrected chi connectivity index (χ3v) is 9.35. The molecule has 0 saturated carbocycles. The molecule has 220 valence electrons. The molecule has 1 spiro atoms. The molecular weight excluding hydrogens is 524 g/mol. The molecule has 0 bridgehead atoms. The summed E-state index contributed by atoms with van der Waals surface area (Å²) in [6, 6.07) is 7.86. The van der Waals surface area contributed by atoms with Crippen molar-refractivity contribution in [3.63, 3.8) is 0 Å². The van der Waals surface area contributed by atoms with Gasteiger partial charge in [-0.25, -0.2) is 0 Å². The third-order valence-electron chi connectivity index (χ3n) is 9.35. The van der Waals surface area contributed by atoms with Crippen LogP contribution < -0.4 is 4.90 Å². The van der Waals surface area contributed by atoms with Gasteiger partial charge in [-0.3, -0.25) is 19.3 Å². The number of morpholine rings is 1. The Morgan fingerprint density at radius 1 is 0.976 bits per heavy atom. The van der Waals surface area contributed by atoms with Crippen LogP contribution in [0.3, 0.4) is 0 Å². The van der Waals surface area contributed by atoms with Crippen LogP contribution in [-0.2, 0) is 23.9 Å². The topological polar surface area (TPSA) is 103 Å². The summed E-state index contributed by atoms with van der Waals surface area (Å²) >= 11 is 0. The fraction of sp³-hybridized carbons (Fsp3) is 0.581. The molecule has 3 fully saturated rings. The van der Waals surface area contributed by atoms with Crippen LogP contribution in [0.5, 0.6) is 0 Å². The van der Waals surface area contributed by atoms with E-state index in [2.05, 4.69) is 4.90 Å². The number of anilines is 1. The highest BCUT2D eigenvalue weighted by Crippen LogP contribution is 2.54. The number of fused-ring (bicyclic) bond motifs is 2. The summed E-state index contributed by atoms with van der Waals surface area (Å²) in [5.74, 6) is -2.49. The molecule has 0 aliphatic carbocycles. The van der Waals surface area contributed by atoms with Crippen molar-refractivity contribution in [2.24, 2.45) is 17.8 Å². The Kier molecular flexibility index (Phi) is 7.76. The van der Waals surface area contributed by atoms with Gasteiger partial charge in [-0.1, -0.05) is 56.4 Å². The van der Waals surface area contributed by atoms with Gasteiger partial charge in [-0.2, -0.15) is 0 Å². The van der Waals surface area contributed by atoms with E-state index in [0.29, 0.717) is 39.4 Å². The van der Waals surface area contributed by atoms with Gasteiger partial charge in [0, 0.05) is 45.0 Å². The number of rotatable bonds is 7. The number of hydrogen-bond acceptors (Lipinski definition) is 7. The van der Waals surface area contributed by atoms with Gasteiger partial charge < -0.3 is 29.3 Å². The van der Waals surface area contributed by atoms with E-state index in [1.807, 2.05) is 68.5 Å². The zero-order valence-electron chi connectivity index (χ0n) is 23.8. The fourth-order valence-electron chi connectivity index (χ4n) is 7.23. The maximum Gasteiger partial charge on any atom is 0.249 e. The molecule has 3 amide bonds. The van der Waals surface area contributed by atoms with Crippen molar-refractivity contribution in [3.8, 4) is 0 Å². The SMILES string of the molecule is CC(C)[C@H](CO)N1C(=O)[C@@H]2[C@@H]3C(=O)N(c4ccccc4)CC=C[C@@H]3O[C@@]23C=CCN(CCN2CCOCC2)C(=O)C13. The van der Waals surface area contributed by atoms with E-state index in [0.717, 1.165) is 18.8 Å². The van der Waals surface area contributed by atoms with Crippen molar-refractivity contribution in [3.05, 3.63) is 54.6 Å². The molecule has 10 heteroatoms. The molecule has 1 aromatic rings. The minimum atomic E-state index is -1.31. The molecule has 1 aromatic carbocycles. The second-order valence-electron chi connectivity index (χ2n) is 11.9. The standard InChI is InChI=1S/C31H40N4O6/c1-21(2)23(20-36)35-27-30(39)33(15-14-32-16-18-40-19-17-32)12-7-11-31(27)26(29(35)38)25-24(41-31)10-6-13-34(28(25)37)22-8-4-3-5-9-22/h3-11,21,23-27,36H,12-20H2,1-2H3/t23-,24-,25+,26-,27?,31-/m0/s1. The molecule has 10 nitrogen and oxygen atoms in total. The van der Waals surface area contributed by atoms with Gasteiger partial charge in [0.25, 0.3) is 0 Å². The number of nitrogens with zero attached hydrogens (tertiary/aromatic N) is 4. The molecule has 5 heterocycles. The molecule has 6 atom stereocenters. The molecular formula is C31H40N4O6. The molecule has 41 heavy (non-hydrogen) atoms. The average molecular weight is 565 g/mol. The highest BCUT2D eigenvalue weighted by Gasteiger charge is 2.72. The minimum absolute atomic E-state index is 0.108.